The average Bonchev–Trinajstić information content (AvgIpc) is 2.79. The number of carboxylic acid groups (broad SMARTS) is 1. The van der Waals surface area contributed by atoms with Crippen LogP contribution in [0.1, 0.15) is 24.1 Å². The van der Waals surface area contributed by atoms with Crippen molar-refractivity contribution < 1.29 is 23.5 Å². The van der Waals surface area contributed by atoms with E-state index in [1.165, 1.54) is 11.3 Å². The molecule has 1 rings (SSSR count). The van der Waals surface area contributed by atoms with Gasteiger partial charge in [-0.3, -0.25) is 4.79 Å². The minimum Gasteiger partial charge on any atom is -0.480 e. The predicted molar refractivity (Wildman–Crippen MR) is 62.9 cm³/mol. The highest BCUT2D eigenvalue weighted by molar-refractivity contribution is 7.10. The van der Waals surface area contributed by atoms with Crippen molar-refractivity contribution in [2.24, 2.45) is 0 Å². The second-order valence-corrected chi connectivity index (χ2v) is 4.74. The van der Waals surface area contributed by atoms with E-state index in [0.717, 1.165) is 4.88 Å². The number of hydrogen-bond donors (Lipinski definition) is 2. The smallest absolute Gasteiger partial charge is 0.326 e. The van der Waals surface area contributed by atoms with Crippen molar-refractivity contribution in [3.05, 3.63) is 22.4 Å². The fourth-order valence-corrected chi connectivity index (χ4v) is 2.15. The van der Waals surface area contributed by atoms with Crippen LogP contribution in [0.15, 0.2) is 17.5 Å². The van der Waals surface area contributed by atoms with Crippen LogP contribution in [0.3, 0.4) is 0 Å². The van der Waals surface area contributed by atoms with Gasteiger partial charge >= 0.3 is 5.97 Å². The molecule has 1 amide bonds. The lowest BCUT2D eigenvalue weighted by molar-refractivity contribution is -0.143. The summed E-state index contributed by atoms with van der Waals surface area (Å²) in [6.45, 7) is 1.60. The van der Waals surface area contributed by atoms with E-state index in [1.807, 2.05) is 0 Å². The third-order valence-corrected chi connectivity index (χ3v) is 3.45. The van der Waals surface area contributed by atoms with Crippen LogP contribution in [0.4, 0.5) is 8.78 Å². The van der Waals surface area contributed by atoms with Crippen LogP contribution in [0, 0.1) is 0 Å². The maximum absolute atomic E-state index is 12.2. The van der Waals surface area contributed by atoms with Crippen LogP contribution in [0.2, 0.25) is 0 Å². The Balaban J connectivity index is 2.64. The minimum absolute atomic E-state index is 0.551. The number of nitrogens with one attached hydrogen (secondary N) is 1. The molecule has 18 heavy (non-hydrogen) atoms. The zero-order valence-electron chi connectivity index (χ0n) is 9.60. The summed E-state index contributed by atoms with van der Waals surface area (Å²) in [6, 6.07) is 1.94. The van der Waals surface area contributed by atoms with Crippen LogP contribution < -0.4 is 5.32 Å². The van der Waals surface area contributed by atoms with Crippen molar-refractivity contribution in [3.63, 3.8) is 0 Å². The number of amides is 1. The molecule has 0 fully saturated rings. The van der Waals surface area contributed by atoms with E-state index in [9.17, 15) is 18.4 Å². The zero-order valence-corrected chi connectivity index (χ0v) is 10.4. The molecule has 7 heteroatoms. The van der Waals surface area contributed by atoms with E-state index in [-0.39, 0.29) is 0 Å². The fourth-order valence-electron chi connectivity index (χ4n) is 1.36. The molecule has 0 radical (unpaired) electrons. The molecule has 0 bridgehead atoms. The highest BCUT2D eigenvalue weighted by Gasteiger charge is 2.26. The normalized spacial score (nSPS) is 14.2. The van der Waals surface area contributed by atoms with Crippen molar-refractivity contribution in [2.45, 2.75) is 31.7 Å². The van der Waals surface area contributed by atoms with Gasteiger partial charge in [0.05, 0.1) is 5.92 Å². The van der Waals surface area contributed by atoms with Crippen LogP contribution in [0.25, 0.3) is 0 Å². The Kier molecular flexibility index (Phi) is 5.21. The maximum atomic E-state index is 12.2. The van der Waals surface area contributed by atoms with Gasteiger partial charge in [-0.2, -0.15) is 0 Å². The van der Waals surface area contributed by atoms with Crippen molar-refractivity contribution in [1.82, 2.24) is 5.32 Å². The van der Waals surface area contributed by atoms with Crippen molar-refractivity contribution in [2.75, 3.05) is 0 Å². The van der Waals surface area contributed by atoms with Crippen molar-refractivity contribution >= 4 is 23.2 Å². The van der Waals surface area contributed by atoms with Gasteiger partial charge in [-0.15, -0.1) is 11.3 Å². The van der Waals surface area contributed by atoms with Crippen molar-refractivity contribution in [3.8, 4) is 0 Å². The third-order valence-electron chi connectivity index (χ3n) is 2.39. The zero-order chi connectivity index (χ0) is 13.7. The molecule has 0 aromatic carbocycles. The molecule has 4 nitrogen and oxygen atoms in total. The van der Waals surface area contributed by atoms with Gasteiger partial charge in [0.2, 0.25) is 12.3 Å². The number of halogens is 2. The quantitative estimate of drug-likeness (QED) is 0.836. The Morgan fingerprint density at radius 1 is 1.50 bits per heavy atom. The summed E-state index contributed by atoms with van der Waals surface area (Å²) in [4.78, 5) is 23.2. The lowest BCUT2D eigenvalue weighted by Crippen LogP contribution is -2.43. The van der Waals surface area contributed by atoms with Gasteiger partial charge in [-0.25, -0.2) is 13.6 Å². The lowest BCUT2D eigenvalue weighted by atomic mass is 10.1. The molecule has 0 saturated carbocycles. The predicted octanol–water partition coefficient (Wildman–Crippen LogP) is 2.08. The Hall–Kier alpha value is -1.50. The Bertz CT molecular complexity index is 408. The Labute approximate surface area is 107 Å². The number of carbonyl (C=O) groups is 2. The molecule has 0 saturated heterocycles. The Morgan fingerprint density at radius 2 is 2.17 bits per heavy atom. The average molecular weight is 277 g/mol. The molecule has 2 N–H and O–H groups in total. The Morgan fingerprint density at radius 3 is 2.61 bits per heavy atom. The molecule has 1 aromatic heterocycles. The number of hydrogen-bond acceptors (Lipinski definition) is 3. The topological polar surface area (TPSA) is 66.4 Å². The first kappa shape index (κ1) is 14.6. The summed E-state index contributed by atoms with van der Waals surface area (Å²) in [7, 11) is 0. The summed E-state index contributed by atoms with van der Waals surface area (Å²) in [5, 5.41) is 12.6. The maximum Gasteiger partial charge on any atom is 0.326 e. The van der Waals surface area contributed by atoms with Crippen molar-refractivity contribution in [1.29, 1.82) is 0 Å². The van der Waals surface area contributed by atoms with E-state index in [1.54, 1.807) is 24.4 Å². The lowest BCUT2D eigenvalue weighted by Gasteiger charge is -2.16. The number of carbonyl (C=O) groups excluding carboxylic acids is 1. The van der Waals surface area contributed by atoms with E-state index in [4.69, 9.17) is 5.11 Å². The van der Waals surface area contributed by atoms with Gasteiger partial charge in [0.15, 0.2) is 0 Å². The van der Waals surface area contributed by atoms with Crippen LogP contribution in [-0.4, -0.2) is 29.5 Å². The highest BCUT2D eigenvalue weighted by atomic mass is 32.1. The molecule has 0 spiro atoms. The monoisotopic (exact) mass is 277 g/mol. The third kappa shape index (κ3) is 4.06. The van der Waals surface area contributed by atoms with E-state index < -0.39 is 36.7 Å². The summed E-state index contributed by atoms with van der Waals surface area (Å²) in [5.74, 6) is -2.57. The fraction of sp³-hybridized carbons (Fsp3) is 0.455. The van der Waals surface area contributed by atoms with Crippen LogP contribution in [0.5, 0.6) is 0 Å². The molecule has 1 heterocycles. The molecule has 1 aromatic rings. The molecular weight excluding hydrogens is 264 g/mol. The molecule has 0 aliphatic heterocycles. The number of alkyl halides is 2. The largest absolute Gasteiger partial charge is 0.480 e. The molecule has 100 valence electrons. The second kappa shape index (κ2) is 6.44. The van der Waals surface area contributed by atoms with Gasteiger partial charge in [-0.1, -0.05) is 6.07 Å². The second-order valence-electron chi connectivity index (χ2n) is 3.76. The number of aliphatic carboxylic acids is 1. The van der Waals surface area contributed by atoms with E-state index in [0.29, 0.717) is 0 Å². The van der Waals surface area contributed by atoms with Gasteiger partial charge in [0.1, 0.15) is 6.04 Å². The molecule has 0 aliphatic carbocycles. The number of rotatable bonds is 6. The first-order chi connectivity index (χ1) is 8.41. The molecule has 0 aliphatic rings. The van der Waals surface area contributed by atoms with Crippen LogP contribution >= 0.6 is 11.3 Å². The SMILES string of the molecule is CC(C(=O)NC(CC(F)F)C(=O)O)c1cccs1. The van der Waals surface area contributed by atoms with E-state index >= 15 is 0 Å². The first-order valence-electron chi connectivity index (χ1n) is 5.26. The molecule has 2 unspecified atom stereocenters. The molecule has 2 atom stereocenters. The summed E-state index contributed by atoms with van der Waals surface area (Å²) >= 11 is 1.35. The standard InChI is InChI=1S/C11H13F2NO3S/c1-6(8-3-2-4-18-8)10(15)14-7(11(16)17)5-9(12)13/h2-4,6-7,9H,5H2,1H3,(H,14,15)(H,16,17). The van der Waals surface area contributed by atoms with Gasteiger partial charge in [0.25, 0.3) is 0 Å². The van der Waals surface area contributed by atoms with Gasteiger partial charge in [0, 0.05) is 11.3 Å². The highest BCUT2D eigenvalue weighted by Crippen LogP contribution is 2.21. The number of thiophene rings is 1. The number of carboxylic acids is 1. The summed E-state index contributed by atoms with van der Waals surface area (Å²) < 4.78 is 24.3. The first-order valence-corrected chi connectivity index (χ1v) is 6.14. The van der Waals surface area contributed by atoms with Crippen LogP contribution in [-0.2, 0) is 9.59 Å². The van der Waals surface area contributed by atoms with Gasteiger partial charge < -0.3 is 10.4 Å². The summed E-state index contributed by atoms with van der Waals surface area (Å²) in [6.07, 6.45) is -3.67. The minimum atomic E-state index is -2.77. The van der Waals surface area contributed by atoms with E-state index in [2.05, 4.69) is 5.32 Å². The summed E-state index contributed by atoms with van der Waals surface area (Å²) in [5.41, 5.74) is 0. The molecular formula is C11H13F2NO3S. The van der Waals surface area contributed by atoms with Gasteiger partial charge in [-0.05, 0) is 18.4 Å².